The molecule has 0 fully saturated rings. The first-order valence-electron chi connectivity index (χ1n) is 9.33. The summed E-state index contributed by atoms with van der Waals surface area (Å²) < 4.78 is 26.8. The number of carbonyl (C=O) groups excluding carboxylic acids is 2. The van der Waals surface area contributed by atoms with E-state index in [0.29, 0.717) is 5.56 Å². The highest BCUT2D eigenvalue weighted by Crippen LogP contribution is 2.33. The van der Waals surface area contributed by atoms with Gasteiger partial charge in [0.25, 0.3) is 11.6 Å². The van der Waals surface area contributed by atoms with E-state index < -0.39 is 17.3 Å². The van der Waals surface area contributed by atoms with Gasteiger partial charge in [0.05, 0.1) is 0 Å². The van der Waals surface area contributed by atoms with Gasteiger partial charge in [-0.15, -0.1) is 0 Å². The van der Waals surface area contributed by atoms with Gasteiger partial charge in [-0.2, -0.15) is 13.9 Å². The SMILES string of the molecule is CC(C)(C)CC(=O)Nc1n[nH]c2c(C(=O)NCc3ccnc(C(F)(F)P)c3)ncnc12. The molecular formula is C19H22F2N7O2P. The Kier molecular flexibility index (Phi) is 6.26. The van der Waals surface area contributed by atoms with Gasteiger partial charge in [-0.1, -0.05) is 30.0 Å². The summed E-state index contributed by atoms with van der Waals surface area (Å²) in [5.41, 5.74) is -2.79. The first-order valence-corrected chi connectivity index (χ1v) is 9.91. The standard InChI is InChI=1S/C19H22F2N7O2P/c1-18(2,3)7-12(29)26-16-14-13(27-28-16)15(25-9-24-14)17(30)23-8-10-4-5-22-11(6-10)19(20,21)31/h4-6,9H,7-8,31H2,1-3H3,(H,23,30)(H2,26,27,28,29). The van der Waals surface area contributed by atoms with Crippen LogP contribution < -0.4 is 10.6 Å². The van der Waals surface area contributed by atoms with Crippen molar-refractivity contribution < 1.29 is 18.4 Å². The Morgan fingerprint density at radius 3 is 2.61 bits per heavy atom. The van der Waals surface area contributed by atoms with Crippen molar-refractivity contribution in [2.45, 2.75) is 39.4 Å². The van der Waals surface area contributed by atoms with Crippen molar-refractivity contribution in [3.8, 4) is 0 Å². The Balaban J connectivity index is 1.75. The minimum atomic E-state index is -3.16. The van der Waals surface area contributed by atoms with Crippen molar-refractivity contribution in [1.29, 1.82) is 0 Å². The van der Waals surface area contributed by atoms with Gasteiger partial charge in [0.1, 0.15) is 23.1 Å². The molecule has 164 valence electrons. The second kappa shape index (κ2) is 8.58. The lowest BCUT2D eigenvalue weighted by Gasteiger charge is -2.16. The number of hydrogen-bond acceptors (Lipinski definition) is 6. The number of halogens is 2. The average molecular weight is 449 g/mol. The molecule has 0 bridgehead atoms. The molecule has 3 rings (SSSR count). The van der Waals surface area contributed by atoms with Gasteiger partial charge in [0.15, 0.2) is 11.5 Å². The first kappa shape index (κ1) is 22.6. The zero-order valence-electron chi connectivity index (χ0n) is 17.2. The number of hydrogen-bond donors (Lipinski definition) is 3. The topological polar surface area (TPSA) is 126 Å². The fraction of sp³-hybridized carbons (Fsp3) is 0.368. The van der Waals surface area contributed by atoms with Crippen molar-refractivity contribution in [3.63, 3.8) is 0 Å². The average Bonchev–Trinajstić information content (AvgIpc) is 3.07. The Morgan fingerprint density at radius 2 is 1.94 bits per heavy atom. The van der Waals surface area contributed by atoms with E-state index in [-0.39, 0.29) is 46.8 Å². The molecule has 0 saturated carbocycles. The number of anilines is 1. The molecule has 0 aliphatic rings. The maximum absolute atomic E-state index is 13.4. The third-order valence-corrected chi connectivity index (χ3v) is 4.43. The van der Waals surface area contributed by atoms with Crippen LogP contribution in [0.5, 0.6) is 0 Å². The number of carbonyl (C=O) groups is 2. The van der Waals surface area contributed by atoms with E-state index in [4.69, 9.17) is 0 Å². The summed E-state index contributed by atoms with van der Waals surface area (Å²) in [5, 5.41) is 12.0. The number of aromatic nitrogens is 5. The van der Waals surface area contributed by atoms with Crippen LogP contribution in [0.1, 0.15) is 48.9 Å². The van der Waals surface area contributed by atoms with E-state index in [9.17, 15) is 18.4 Å². The van der Waals surface area contributed by atoms with Crippen molar-refractivity contribution in [2.24, 2.45) is 5.41 Å². The van der Waals surface area contributed by atoms with Gasteiger partial charge < -0.3 is 10.6 Å². The number of pyridine rings is 1. The minimum absolute atomic E-state index is 0.0100. The molecule has 0 aliphatic carbocycles. The number of fused-ring (bicyclic) bond motifs is 1. The maximum atomic E-state index is 13.4. The lowest BCUT2D eigenvalue weighted by molar-refractivity contribution is -0.117. The van der Waals surface area contributed by atoms with Crippen molar-refractivity contribution in [1.82, 2.24) is 30.5 Å². The van der Waals surface area contributed by atoms with E-state index in [2.05, 4.69) is 35.8 Å². The normalized spacial score (nSPS) is 12.1. The molecule has 3 N–H and O–H groups in total. The van der Waals surface area contributed by atoms with Gasteiger partial charge in [-0.25, -0.2) is 9.97 Å². The van der Waals surface area contributed by atoms with Crippen LogP contribution in [-0.2, 0) is 17.0 Å². The first-order chi connectivity index (χ1) is 14.4. The summed E-state index contributed by atoms with van der Waals surface area (Å²) in [6.45, 7) is 5.80. The van der Waals surface area contributed by atoms with Crippen LogP contribution in [-0.4, -0.2) is 37.0 Å². The Labute approximate surface area is 179 Å². The van der Waals surface area contributed by atoms with Gasteiger partial charge in [0.2, 0.25) is 5.91 Å². The monoisotopic (exact) mass is 449 g/mol. The quantitative estimate of drug-likeness (QED) is 0.497. The molecular weight excluding hydrogens is 427 g/mol. The smallest absolute Gasteiger partial charge is 0.300 e. The van der Waals surface area contributed by atoms with Crippen molar-refractivity contribution >= 4 is 37.9 Å². The fourth-order valence-corrected chi connectivity index (χ4v) is 2.94. The molecule has 2 amide bonds. The molecule has 0 saturated heterocycles. The Bertz CT molecular complexity index is 1120. The molecule has 3 aromatic heterocycles. The van der Waals surface area contributed by atoms with Gasteiger partial charge in [-0.3, -0.25) is 19.7 Å². The maximum Gasteiger partial charge on any atom is 0.300 e. The van der Waals surface area contributed by atoms with E-state index in [0.717, 1.165) is 0 Å². The summed E-state index contributed by atoms with van der Waals surface area (Å²) in [7, 11) is 1.42. The minimum Gasteiger partial charge on any atom is -0.347 e. The number of H-pyrrole nitrogens is 1. The van der Waals surface area contributed by atoms with Crippen LogP contribution in [0.25, 0.3) is 11.0 Å². The fourth-order valence-electron chi connectivity index (χ4n) is 2.79. The van der Waals surface area contributed by atoms with E-state index >= 15 is 0 Å². The van der Waals surface area contributed by atoms with Gasteiger partial charge >= 0.3 is 0 Å². The van der Waals surface area contributed by atoms with Crippen LogP contribution in [0.2, 0.25) is 0 Å². The van der Waals surface area contributed by atoms with Crippen LogP contribution in [0, 0.1) is 5.41 Å². The predicted molar refractivity (Wildman–Crippen MR) is 113 cm³/mol. The zero-order valence-corrected chi connectivity index (χ0v) is 18.3. The molecule has 1 unspecified atom stereocenters. The summed E-state index contributed by atoms with van der Waals surface area (Å²) in [4.78, 5) is 36.5. The molecule has 3 heterocycles. The summed E-state index contributed by atoms with van der Waals surface area (Å²) in [6.07, 6.45) is 2.72. The molecule has 0 aliphatic heterocycles. The van der Waals surface area contributed by atoms with Crippen molar-refractivity contribution in [2.75, 3.05) is 5.32 Å². The molecule has 31 heavy (non-hydrogen) atoms. The Hall–Kier alpha value is -3.07. The summed E-state index contributed by atoms with van der Waals surface area (Å²) >= 11 is 0. The van der Waals surface area contributed by atoms with E-state index in [1.165, 1.54) is 33.9 Å². The highest BCUT2D eigenvalue weighted by molar-refractivity contribution is 7.17. The predicted octanol–water partition coefficient (Wildman–Crippen LogP) is 2.98. The largest absolute Gasteiger partial charge is 0.347 e. The number of amides is 2. The molecule has 12 heteroatoms. The van der Waals surface area contributed by atoms with Crippen LogP contribution >= 0.6 is 9.24 Å². The Morgan fingerprint density at radius 1 is 1.19 bits per heavy atom. The molecule has 1 atom stereocenters. The molecule has 3 aromatic rings. The second-order valence-corrected chi connectivity index (χ2v) is 8.88. The highest BCUT2D eigenvalue weighted by Gasteiger charge is 2.26. The van der Waals surface area contributed by atoms with Gasteiger partial charge in [0, 0.05) is 19.2 Å². The third kappa shape index (κ3) is 5.75. The number of nitrogens with zero attached hydrogens (tertiary/aromatic N) is 4. The molecule has 9 nitrogen and oxygen atoms in total. The zero-order chi connectivity index (χ0) is 22.8. The summed E-state index contributed by atoms with van der Waals surface area (Å²) in [6, 6.07) is 2.73. The second-order valence-electron chi connectivity index (χ2n) is 8.16. The number of alkyl halides is 2. The molecule has 0 spiro atoms. The van der Waals surface area contributed by atoms with Gasteiger partial charge in [-0.05, 0) is 23.1 Å². The van der Waals surface area contributed by atoms with Crippen molar-refractivity contribution in [3.05, 3.63) is 41.6 Å². The molecule has 0 radical (unpaired) electrons. The third-order valence-electron chi connectivity index (χ3n) is 4.13. The molecule has 0 aromatic carbocycles. The lowest BCUT2D eigenvalue weighted by atomic mass is 9.92. The van der Waals surface area contributed by atoms with Crippen LogP contribution in [0.4, 0.5) is 14.6 Å². The van der Waals surface area contributed by atoms with E-state index in [1.807, 2.05) is 20.8 Å². The number of aromatic amines is 1. The summed E-state index contributed by atoms with van der Waals surface area (Å²) in [5.74, 6) is -0.591. The number of nitrogens with one attached hydrogen (secondary N) is 3. The lowest BCUT2D eigenvalue weighted by Crippen LogP contribution is -2.24. The highest BCUT2D eigenvalue weighted by atomic mass is 31.0. The van der Waals surface area contributed by atoms with Crippen LogP contribution in [0.15, 0.2) is 24.7 Å². The van der Waals surface area contributed by atoms with Crippen LogP contribution in [0.3, 0.4) is 0 Å². The van der Waals surface area contributed by atoms with E-state index in [1.54, 1.807) is 0 Å². The number of rotatable bonds is 6.